The van der Waals surface area contributed by atoms with Crippen LogP contribution in [-0.2, 0) is 4.79 Å². The van der Waals surface area contributed by atoms with Crippen molar-refractivity contribution >= 4 is 34.6 Å². The number of hydrogen-bond donors (Lipinski definition) is 1. The van der Waals surface area contributed by atoms with E-state index < -0.39 is 0 Å². The summed E-state index contributed by atoms with van der Waals surface area (Å²) in [4.78, 5) is 17.6. The van der Waals surface area contributed by atoms with Gasteiger partial charge in [-0.25, -0.2) is 0 Å². The zero-order valence-electron chi connectivity index (χ0n) is 14.7. The maximum Gasteiger partial charge on any atom is 0.302 e. The summed E-state index contributed by atoms with van der Waals surface area (Å²) in [5.41, 5.74) is 1.67. The average Bonchev–Trinajstić information content (AvgIpc) is 2.84. The number of halogens is 1. The largest absolute Gasteiger partial charge is 0.423 e. The second kappa shape index (κ2) is 4.79. The molecule has 5 heteroatoms. The Morgan fingerprint density at radius 1 is 1.20 bits per heavy atom. The molecule has 6 rings (SSSR count). The first-order chi connectivity index (χ1) is 11.8. The van der Waals surface area contributed by atoms with Crippen LogP contribution in [0.5, 0.6) is 0 Å². The molecule has 0 spiro atoms. The summed E-state index contributed by atoms with van der Waals surface area (Å²) in [5.74, 6) is 0.770. The first-order valence-electron chi connectivity index (χ1n) is 9.14. The van der Waals surface area contributed by atoms with Gasteiger partial charge in [-0.2, -0.15) is 4.98 Å². The standard InChI is InChI=1S/C20H23ClN2O2/c1-18-6-12-7-19(2,9-18)11-20(8-12,10-18)16(24)23-17-22-14-5-13(21)3-4-15(14)25-17/h3-5,12H,6-11H2,1-2H3,(H,22,23,24). The molecule has 1 heterocycles. The number of aromatic nitrogens is 1. The van der Waals surface area contributed by atoms with E-state index in [-0.39, 0.29) is 17.3 Å². The highest BCUT2D eigenvalue weighted by Crippen LogP contribution is 2.69. The first-order valence-corrected chi connectivity index (χ1v) is 9.52. The predicted octanol–water partition coefficient (Wildman–Crippen LogP) is 5.42. The lowest BCUT2D eigenvalue weighted by atomic mass is 9.40. The van der Waals surface area contributed by atoms with Crippen LogP contribution in [0.4, 0.5) is 6.01 Å². The molecule has 132 valence electrons. The molecular formula is C20H23ClN2O2. The summed E-state index contributed by atoms with van der Waals surface area (Å²) >= 11 is 6.01. The maximum atomic E-state index is 13.3. The minimum Gasteiger partial charge on any atom is -0.423 e. The summed E-state index contributed by atoms with van der Waals surface area (Å²) in [6.07, 6.45) is 6.80. The maximum absolute atomic E-state index is 13.3. The van der Waals surface area contributed by atoms with Crippen LogP contribution in [0.1, 0.15) is 52.4 Å². The van der Waals surface area contributed by atoms with Crippen molar-refractivity contribution in [3.63, 3.8) is 0 Å². The van der Waals surface area contributed by atoms with Gasteiger partial charge in [-0.05, 0) is 73.5 Å². The van der Waals surface area contributed by atoms with E-state index in [4.69, 9.17) is 16.0 Å². The average molecular weight is 359 g/mol. The van der Waals surface area contributed by atoms with E-state index in [0.29, 0.717) is 32.9 Å². The highest BCUT2D eigenvalue weighted by Gasteiger charge is 2.62. The highest BCUT2D eigenvalue weighted by molar-refractivity contribution is 6.31. The molecule has 4 bridgehead atoms. The molecule has 2 unspecified atom stereocenters. The molecule has 4 aliphatic carbocycles. The van der Waals surface area contributed by atoms with Crippen molar-refractivity contribution in [1.29, 1.82) is 0 Å². The second-order valence-corrected chi connectivity index (χ2v) is 9.93. The fourth-order valence-corrected chi connectivity index (χ4v) is 7.05. The van der Waals surface area contributed by atoms with E-state index in [1.165, 1.54) is 19.3 Å². The van der Waals surface area contributed by atoms with Gasteiger partial charge in [0.1, 0.15) is 5.52 Å². The molecule has 1 aromatic carbocycles. The zero-order valence-corrected chi connectivity index (χ0v) is 15.4. The third-order valence-electron chi connectivity index (χ3n) is 6.68. The summed E-state index contributed by atoms with van der Waals surface area (Å²) in [6, 6.07) is 5.59. The van der Waals surface area contributed by atoms with Gasteiger partial charge in [-0.1, -0.05) is 25.4 Å². The van der Waals surface area contributed by atoms with E-state index >= 15 is 0 Å². The van der Waals surface area contributed by atoms with E-state index in [2.05, 4.69) is 24.1 Å². The summed E-state index contributed by atoms with van der Waals surface area (Å²) in [5, 5.41) is 3.59. The second-order valence-electron chi connectivity index (χ2n) is 9.50. The van der Waals surface area contributed by atoms with Crippen LogP contribution >= 0.6 is 11.6 Å². The minimum absolute atomic E-state index is 0.0895. The van der Waals surface area contributed by atoms with Crippen molar-refractivity contribution in [1.82, 2.24) is 4.98 Å². The van der Waals surface area contributed by atoms with Crippen LogP contribution < -0.4 is 5.32 Å². The molecule has 1 amide bonds. The molecule has 4 nitrogen and oxygen atoms in total. The Morgan fingerprint density at radius 3 is 2.60 bits per heavy atom. The smallest absolute Gasteiger partial charge is 0.302 e. The molecular weight excluding hydrogens is 336 g/mol. The molecule has 4 saturated carbocycles. The molecule has 1 N–H and O–H groups in total. The Balaban J connectivity index is 1.45. The van der Waals surface area contributed by atoms with Crippen LogP contribution in [-0.4, -0.2) is 10.9 Å². The number of carbonyl (C=O) groups excluding carboxylic acids is 1. The number of anilines is 1. The van der Waals surface area contributed by atoms with E-state index in [0.717, 1.165) is 19.3 Å². The van der Waals surface area contributed by atoms with Crippen molar-refractivity contribution in [2.24, 2.45) is 22.2 Å². The molecule has 4 aliphatic rings. The van der Waals surface area contributed by atoms with Gasteiger partial charge in [0.25, 0.3) is 0 Å². The third-order valence-corrected chi connectivity index (χ3v) is 6.91. The van der Waals surface area contributed by atoms with Gasteiger partial charge in [0.05, 0.1) is 5.41 Å². The molecule has 1 aromatic heterocycles. The Bertz CT molecular complexity index is 871. The molecule has 2 aromatic rings. The fourth-order valence-electron chi connectivity index (χ4n) is 6.88. The van der Waals surface area contributed by atoms with Crippen molar-refractivity contribution < 1.29 is 9.21 Å². The Hall–Kier alpha value is -1.55. The lowest BCUT2D eigenvalue weighted by Crippen LogP contribution is -2.58. The monoisotopic (exact) mass is 358 g/mol. The van der Waals surface area contributed by atoms with Gasteiger partial charge in [-0.3, -0.25) is 10.1 Å². The molecule has 0 radical (unpaired) electrons. The number of fused-ring (bicyclic) bond motifs is 1. The van der Waals surface area contributed by atoms with Gasteiger partial charge in [0.15, 0.2) is 5.58 Å². The lowest BCUT2D eigenvalue weighted by Gasteiger charge is -2.64. The topological polar surface area (TPSA) is 55.1 Å². The van der Waals surface area contributed by atoms with E-state index in [1.54, 1.807) is 18.2 Å². The van der Waals surface area contributed by atoms with Crippen LogP contribution in [0.15, 0.2) is 22.6 Å². The minimum atomic E-state index is -0.263. The number of rotatable bonds is 2. The number of oxazole rings is 1. The summed E-state index contributed by atoms with van der Waals surface area (Å²) < 4.78 is 5.71. The third kappa shape index (κ3) is 2.41. The van der Waals surface area contributed by atoms with Crippen molar-refractivity contribution in [3.05, 3.63) is 23.2 Å². The Labute approximate surface area is 152 Å². The van der Waals surface area contributed by atoms with Gasteiger partial charge < -0.3 is 4.42 Å². The molecule has 2 atom stereocenters. The molecule has 0 saturated heterocycles. The van der Waals surface area contributed by atoms with Crippen molar-refractivity contribution in [2.45, 2.75) is 52.4 Å². The Kier molecular flexibility index (Phi) is 3.00. The number of amides is 1. The predicted molar refractivity (Wildman–Crippen MR) is 97.5 cm³/mol. The van der Waals surface area contributed by atoms with Crippen molar-refractivity contribution in [3.8, 4) is 0 Å². The van der Waals surface area contributed by atoms with Crippen LogP contribution in [0.3, 0.4) is 0 Å². The van der Waals surface area contributed by atoms with Gasteiger partial charge in [0, 0.05) is 5.02 Å². The zero-order chi connectivity index (χ0) is 17.4. The molecule has 4 fully saturated rings. The summed E-state index contributed by atoms with van der Waals surface area (Å²) in [7, 11) is 0. The van der Waals surface area contributed by atoms with Crippen LogP contribution in [0.2, 0.25) is 5.02 Å². The first kappa shape index (κ1) is 15.7. The number of nitrogens with one attached hydrogen (secondary N) is 1. The normalized spacial score (nSPS) is 39.1. The fraction of sp³-hybridized carbons (Fsp3) is 0.600. The van der Waals surface area contributed by atoms with Crippen molar-refractivity contribution in [2.75, 3.05) is 5.32 Å². The SMILES string of the molecule is CC12CC3CC(C)(C1)CC(C(=O)Nc1nc4cc(Cl)ccc4o1)(C3)C2. The Morgan fingerprint density at radius 2 is 1.92 bits per heavy atom. The molecule has 0 aliphatic heterocycles. The number of benzene rings is 1. The highest BCUT2D eigenvalue weighted by atomic mass is 35.5. The van der Waals surface area contributed by atoms with Gasteiger partial charge >= 0.3 is 6.01 Å². The lowest BCUT2D eigenvalue weighted by molar-refractivity contribution is -0.165. The number of hydrogen-bond acceptors (Lipinski definition) is 3. The van der Waals surface area contributed by atoms with Crippen LogP contribution in [0, 0.1) is 22.2 Å². The number of nitrogens with zero attached hydrogens (tertiary/aromatic N) is 1. The molecule has 25 heavy (non-hydrogen) atoms. The van der Waals surface area contributed by atoms with Crippen LogP contribution in [0.25, 0.3) is 11.1 Å². The number of carbonyl (C=O) groups is 1. The van der Waals surface area contributed by atoms with E-state index in [9.17, 15) is 4.79 Å². The summed E-state index contributed by atoms with van der Waals surface area (Å²) in [6.45, 7) is 4.75. The van der Waals surface area contributed by atoms with Gasteiger partial charge in [0.2, 0.25) is 5.91 Å². The van der Waals surface area contributed by atoms with E-state index in [1.807, 2.05) is 0 Å². The quantitative estimate of drug-likeness (QED) is 0.780. The van der Waals surface area contributed by atoms with Gasteiger partial charge in [-0.15, -0.1) is 0 Å².